The highest BCUT2D eigenvalue weighted by molar-refractivity contribution is 7.22. The van der Waals surface area contributed by atoms with Crippen LogP contribution in [0.5, 0.6) is 5.75 Å². The highest BCUT2D eigenvalue weighted by Gasteiger charge is 2.22. The van der Waals surface area contributed by atoms with Crippen LogP contribution < -0.4 is 9.64 Å². The van der Waals surface area contributed by atoms with Crippen molar-refractivity contribution in [2.45, 2.75) is 33.3 Å². The fourth-order valence-electron chi connectivity index (χ4n) is 3.92. The van der Waals surface area contributed by atoms with Crippen LogP contribution in [-0.2, 0) is 4.74 Å². The van der Waals surface area contributed by atoms with Crippen molar-refractivity contribution in [3.05, 3.63) is 52.5 Å². The van der Waals surface area contributed by atoms with E-state index in [4.69, 9.17) is 26.1 Å². The van der Waals surface area contributed by atoms with E-state index >= 15 is 0 Å². The molecule has 0 unspecified atom stereocenters. The molecule has 1 aliphatic heterocycles. The number of hydrogen-bond acceptors (Lipinski definition) is 6. The smallest absolute Gasteiger partial charge is 0.260 e. The number of thiazole rings is 1. The Hall–Kier alpha value is -1.90. The Labute approximate surface area is 216 Å². The third-order valence-electron chi connectivity index (χ3n) is 5.55. The molecule has 1 aromatic heterocycles. The van der Waals surface area contributed by atoms with Crippen LogP contribution in [0.1, 0.15) is 36.2 Å². The molecule has 184 valence electrons. The normalized spacial score (nSPS) is 14.3. The van der Waals surface area contributed by atoms with Crippen molar-refractivity contribution in [2.75, 3.05) is 44.3 Å². The Morgan fingerprint density at radius 1 is 1.24 bits per heavy atom. The summed E-state index contributed by atoms with van der Waals surface area (Å²) in [5, 5.41) is 1.38. The molecule has 0 N–H and O–H groups in total. The number of carbonyl (C=O) groups is 1. The van der Waals surface area contributed by atoms with E-state index in [9.17, 15) is 4.79 Å². The lowest BCUT2D eigenvalue weighted by Crippen LogP contribution is -2.39. The molecule has 3 aromatic rings. The van der Waals surface area contributed by atoms with E-state index in [1.165, 1.54) is 11.3 Å². The van der Waals surface area contributed by atoms with Crippen LogP contribution in [0.25, 0.3) is 10.2 Å². The first-order chi connectivity index (χ1) is 15.9. The van der Waals surface area contributed by atoms with Gasteiger partial charge in [-0.05, 0) is 69.2 Å². The number of aryl methyl sites for hydroxylation is 1. The molecule has 1 aliphatic rings. The fraction of sp³-hybridized carbons (Fsp3) is 0.440. The minimum atomic E-state index is -0.0594. The van der Waals surface area contributed by atoms with Crippen molar-refractivity contribution in [1.82, 2.24) is 9.88 Å². The second-order valence-corrected chi connectivity index (χ2v) is 9.97. The number of anilines is 1. The Morgan fingerprint density at radius 2 is 1.94 bits per heavy atom. The SMILES string of the molecule is Cc1cc(Cl)cc2sc(N(CCCN3CCOCC3)C(=O)c3ccc(OC(C)C)cc3)nc12.Cl. The largest absolute Gasteiger partial charge is 0.491 e. The number of amides is 1. The van der Waals surface area contributed by atoms with Crippen LogP contribution in [0.4, 0.5) is 5.13 Å². The van der Waals surface area contributed by atoms with Gasteiger partial charge in [-0.2, -0.15) is 0 Å². The van der Waals surface area contributed by atoms with Crippen LogP contribution in [0.2, 0.25) is 5.02 Å². The summed E-state index contributed by atoms with van der Waals surface area (Å²) in [6.07, 6.45) is 0.941. The molecule has 0 radical (unpaired) electrons. The van der Waals surface area contributed by atoms with Gasteiger partial charge in [-0.1, -0.05) is 22.9 Å². The summed E-state index contributed by atoms with van der Waals surface area (Å²) >= 11 is 7.77. The molecule has 0 atom stereocenters. The molecule has 34 heavy (non-hydrogen) atoms. The molecule has 2 aromatic carbocycles. The second kappa shape index (κ2) is 12.2. The topological polar surface area (TPSA) is 54.9 Å². The average molecular weight is 525 g/mol. The van der Waals surface area contributed by atoms with Gasteiger partial charge in [-0.3, -0.25) is 14.6 Å². The number of aromatic nitrogens is 1. The third kappa shape index (κ3) is 6.61. The van der Waals surface area contributed by atoms with Gasteiger partial charge in [0.2, 0.25) is 0 Å². The number of nitrogens with zero attached hydrogens (tertiary/aromatic N) is 3. The number of halogens is 2. The molecule has 6 nitrogen and oxygen atoms in total. The van der Waals surface area contributed by atoms with Gasteiger partial charge in [-0.25, -0.2) is 4.98 Å². The van der Waals surface area contributed by atoms with Crippen LogP contribution in [0.3, 0.4) is 0 Å². The van der Waals surface area contributed by atoms with Crippen LogP contribution >= 0.6 is 35.3 Å². The molecule has 1 amide bonds. The number of fused-ring (bicyclic) bond motifs is 1. The van der Waals surface area contributed by atoms with Crippen LogP contribution in [0, 0.1) is 6.92 Å². The summed E-state index contributed by atoms with van der Waals surface area (Å²) in [6, 6.07) is 11.2. The maximum atomic E-state index is 13.6. The van der Waals surface area contributed by atoms with Gasteiger partial charge in [0.1, 0.15) is 5.75 Å². The predicted molar refractivity (Wildman–Crippen MR) is 142 cm³/mol. The number of benzene rings is 2. The highest BCUT2D eigenvalue weighted by Crippen LogP contribution is 2.34. The molecule has 4 rings (SSSR count). The van der Waals surface area contributed by atoms with Gasteiger partial charge in [-0.15, -0.1) is 12.4 Å². The summed E-state index contributed by atoms with van der Waals surface area (Å²) in [5.74, 6) is 0.696. The molecule has 9 heteroatoms. The van der Waals surface area contributed by atoms with Crippen molar-refractivity contribution in [3.8, 4) is 5.75 Å². The van der Waals surface area contributed by atoms with Gasteiger partial charge >= 0.3 is 0 Å². The highest BCUT2D eigenvalue weighted by atomic mass is 35.5. The molecule has 0 aliphatic carbocycles. The van der Waals surface area contributed by atoms with Crippen molar-refractivity contribution in [3.63, 3.8) is 0 Å². The molecular weight excluding hydrogens is 493 g/mol. The maximum Gasteiger partial charge on any atom is 0.260 e. The summed E-state index contributed by atoms with van der Waals surface area (Å²) < 4.78 is 12.2. The van der Waals surface area contributed by atoms with Crippen molar-refractivity contribution in [1.29, 1.82) is 0 Å². The molecule has 0 spiro atoms. The zero-order valence-corrected chi connectivity index (χ0v) is 22.1. The predicted octanol–water partition coefficient (Wildman–Crippen LogP) is 5.84. The lowest BCUT2D eigenvalue weighted by Gasteiger charge is -2.27. The van der Waals surface area contributed by atoms with E-state index in [2.05, 4.69) is 4.90 Å². The van der Waals surface area contributed by atoms with Gasteiger partial charge in [0.25, 0.3) is 5.91 Å². The first kappa shape index (κ1) is 26.7. The quantitative estimate of drug-likeness (QED) is 0.371. The first-order valence-corrected chi connectivity index (χ1v) is 12.6. The first-order valence-electron chi connectivity index (χ1n) is 11.4. The molecule has 2 heterocycles. The molecule has 0 saturated carbocycles. The zero-order valence-electron chi connectivity index (χ0n) is 19.8. The Morgan fingerprint density at radius 3 is 2.62 bits per heavy atom. The fourth-order valence-corrected chi connectivity index (χ4v) is 5.37. The lowest BCUT2D eigenvalue weighted by atomic mass is 10.2. The minimum absolute atomic E-state index is 0. The monoisotopic (exact) mass is 523 g/mol. The van der Waals surface area contributed by atoms with Crippen LogP contribution in [-0.4, -0.2) is 61.3 Å². The Kier molecular flexibility index (Phi) is 9.56. The van der Waals surface area contributed by atoms with Crippen molar-refractivity contribution >= 4 is 56.6 Å². The number of ether oxygens (including phenoxy) is 2. The van der Waals surface area contributed by atoms with Gasteiger partial charge in [0, 0.05) is 36.8 Å². The maximum absolute atomic E-state index is 13.6. The molecule has 0 bridgehead atoms. The van der Waals surface area contributed by atoms with E-state index in [1.807, 2.05) is 57.2 Å². The molecule has 1 saturated heterocycles. The van der Waals surface area contributed by atoms with Gasteiger partial charge in [0.05, 0.1) is 29.5 Å². The summed E-state index contributed by atoms with van der Waals surface area (Å²) in [5.41, 5.74) is 2.52. The lowest BCUT2D eigenvalue weighted by molar-refractivity contribution is 0.0376. The van der Waals surface area contributed by atoms with E-state index < -0.39 is 0 Å². The minimum Gasteiger partial charge on any atom is -0.491 e. The summed E-state index contributed by atoms with van der Waals surface area (Å²) in [4.78, 5) is 22.6. The van der Waals surface area contributed by atoms with Crippen molar-refractivity contribution < 1.29 is 14.3 Å². The average Bonchev–Trinajstić information content (AvgIpc) is 3.21. The number of rotatable bonds is 8. The van der Waals surface area contributed by atoms with E-state index in [1.54, 1.807) is 4.90 Å². The number of carbonyl (C=O) groups excluding carboxylic acids is 1. The van der Waals surface area contributed by atoms with Crippen molar-refractivity contribution in [2.24, 2.45) is 0 Å². The van der Waals surface area contributed by atoms with Gasteiger partial charge in [0.15, 0.2) is 5.13 Å². The summed E-state index contributed by atoms with van der Waals surface area (Å²) in [7, 11) is 0. The number of hydrogen-bond donors (Lipinski definition) is 0. The number of morpholine rings is 1. The standard InChI is InChI=1S/C25H30ClN3O3S.ClH/c1-17(2)32-21-7-5-19(6-8-21)24(30)29(10-4-9-28-11-13-31-14-12-28)25-27-23-18(3)15-20(26)16-22(23)33-25;/h5-8,15-17H,4,9-14H2,1-3H3;1H. The van der Waals surface area contributed by atoms with E-state index in [-0.39, 0.29) is 24.4 Å². The summed E-state index contributed by atoms with van der Waals surface area (Å²) in [6.45, 7) is 10.9. The molecular formula is C25H31Cl2N3O3S. The van der Waals surface area contributed by atoms with Gasteiger partial charge < -0.3 is 9.47 Å². The molecule has 1 fully saturated rings. The third-order valence-corrected chi connectivity index (χ3v) is 6.79. The Balaban J connectivity index is 0.00000324. The van der Waals surface area contributed by atoms with E-state index in [0.29, 0.717) is 22.3 Å². The van der Waals surface area contributed by atoms with E-state index in [0.717, 1.165) is 60.8 Å². The second-order valence-electron chi connectivity index (χ2n) is 8.52. The van der Waals surface area contributed by atoms with Crippen LogP contribution in [0.15, 0.2) is 36.4 Å². The zero-order chi connectivity index (χ0) is 23.4. The Bertz CT molecular complexity index is 1100.